The zero-order chi connectivity index (χ0) is 33.5. The molecule has 15 nitrogen and oxygen atoms in total. The van der Waals surface area contributed by atoms with Crippen molar-refractivity contribution in [3.8, 4) is 0 Å². The van der Waals surface area contributed by atoms with Gasteiger partial charge >= 0.3 is 24.1 Å². The van der Waals surface area contributed by atoms with Crippen LogP contribution in [0.15, 0.2) is 35.3 Å². The van der Waals surface area contributed by atoms with Crippen molar-refractivity contribution in [3.05, 3.63) is 35.9 Å². The smallest absolute Gasteiger partial charge is 0.481 e. The molecule has 1 aromatic rings. The van der Waals surface area contributed by atoms with Gasteiger partial charge < -0.3 is 42.3 Å². The van der Waals surface area contributed by atoms with E-state index < -0.39 is 72.8 Å². The number of carbonyl (C=O) groups excluding carboxylic acids is 3. The minimum Gasteiger partial charge on any atom is -0.481 e. The Hall–Kier alpha value is -5.16. The number of aliphatic carboxylic acids is 3. The number of nitrogens with zero attached hydrogens (tertiary/aromatic N) is 2. The molecule has 0 radical (unpaired) electrons. The number of nitrogens with two attached hydrogens (primary N) is 2. The van der Waals surface area contributed by atoms with E-state index in [4.69, 9.17) is 26.5 Å². The van der Waals surface area contributed by atoms with Crippen molar-refractivity contribution in [3.63, 3.8) is 0 Å². The van der Waals surface area contributed by atoms with Crippen LogP contribution >= 0.6 is 0 Å². The quantitative estimate of drug-likeness (QED) is 0.0897. The Bertz CT molecular complexity index is 1220. The van der Waals surface area contributed by atoms with Gasteiger partial charge in [-0.3, -0.25) is 19.2 Å². The molecule has 0 bridgehead atoms. The van der Waals surface area contributed by atoms with E-state index in [2.05, 4.69) is 15.6 Å². The Balaban J connectivity index is 0.00000223. The van der Waals surface area contributed by atoms with Gasteiger partial charge in [-0.2, -0.15) is 13.2 Å². The molecule has 18 heteroatoms. The highest BCUT2D eigenvalue weighted by molar-refractivity contribution is 5.96. The molecule has 0 spiro atoms. The summed E-state index contributed by atoms with van der Waals surface area (Å²) in [5.41, 5.74) is 11.8. The molecule has 0 unspecified atom stereocenters. The fourth-order valence-corrected chi connectivity index (χ4v) is 2.96. The highest BCUT2D eigenvalue weighted by Crippen LogP contribution is 2.14. The molecule has 0 aliphatic heterocycles. The van der Waals surface area contributed by atoms with Crippen molar-refractivity contribution in [2.75, 3.05) is 13.6 Å². The fraction of sp³-hybridized carbons (Fsp3) is 0.400. The molecular weight excluding hydrogens is 585 g/mol. The van der Waals surface area contributed by atoms with E-state index in [0.717, 1.165) is 4.90 Å². The number of alkyl halides is 3. The second kappa shape index (κ2) is 17.6. The Kier molecular flexibility index (Phi) is 15.5. The molecule has 1 aromatic carbocycles. The number of halogens is 3. The van der Waals surface area contributed by atoms with Gasteiger partial charge in [0, 0.05) is 13.1 Å². The molecule has 0 saturated heterocycles. The molecule has 43 heavy (non-hydrogen) atoms. The lowest BCUT2D eigenvalue weighted by molar-refractivity contribution is -0.192. The monoisotopic (exact) mass is 618 g/mol. The highest BCUT2D eigenvalue weighted by atomic mass is 19.4. The number of carbonyl (C=O) groups is 6. The normalized spacial score (nSPS) is 12.9. The second-order valence-electron chi connectivity index (χ2n) is 8.89. The molecule has 3 amide bonds. The Morgan fingerprint density at radius 3 is 1.98 bits per heavy atom. The third kappa shape index (κ3) is 15.4. The standard InChI is InChI=1S/C23H32N6O7.C2HF3O2/c1-4-13(2)20(22(35)36)28-21(34)16(11-19(32)33)27-17(30)12-29(3)18(31)10-7-14-5-8-15(9-6-14)26-23(24)25;3-2(4,5)1(6)7/h5-10,13,16,20H,4,11-12H2,1-3H3,(H,27,30)(H,28,34)(H,32,33)(H,35,36)(H4,24,25,26);(H,6,7)/t13-,16-,20-;/m0./s1. The van der Waals surface area contributed by atoms with Gasteiger partial charge in [0.05, 0.1) is 18.7 Å². The van der Waals surface area contributed by atoms with Crippen LogP contribution in [0.4, 0.5) is 18.9 Å². The maximum Gasteiger partial charge on any atom is 0.490 e. The van der Waals surface area contributed by atoms with E-state index >= 15 is 0 Å². The summed E-state index contributed by atoms with van der Waals surface area (Å²) in [6, 6.07) is 3.87. The first-order valence-electron chi connectivity index (χ1n) is 12.3. The van der Waals surface area contributed by atoms with Crippen molar-refractivity contribution in [1.82, 2.24) is 15.5 Å². The summed E-state index contributed by atoms with van der Waals surface area (Å²) >= 11 is 0. The predicted octanol–water partition coefficient (Wildman–Crippen LogP) is 0.271. The van der Waals surface area contributed by atoms with E-state index in [1.165, 1.54) is 19.2 Å². The number of hydrogen-bond acceptors (Lipinski definition) is 7. The van der Waals surface area contributed by atoms with Crippen molar-refractivity contribution in [2.45, 2.75) is 44.9 Å². The molecule has 0 fully saturated rings. The molecule has 3 atom stereocenters. The molecular formula is C25H33F3N6O9. The van der Waals surface area contributed by atoms with E-state index in [-0.39, 0.29) is 5.96 Å². The number of likely N-dealkylation sites (N-methyl/N-ethyl adjacent to an activating group) is 1. The van der Waals surface area contributed by atoms with Crippen molar-refractivity contribution >= 4 is 53.4 Å². The number of aliphatic imine (C=N–C) groups is 1. The van der Waals surface area contributed by atoms with Crippen LogP contribution in [-0.2, 0) is 28.8 Å². The van der Waals surface area contributed by atoms with Gasteiger partial charge in [0.25, 0.3) is 0 Å². The number of nitrogens with one attached hydrogen (secondary N) is 2. The van der Waals surface area contributed by atoms with Crippen LogP contribution in [0.2, 0.25) is 0 Å². The molecule has 0 aromatic heterocycles. The van der Waals surface area contributed by atoms with Crippen LogP contribution in [0.5, 0.6) is 0 Å². The summed E-state index contributed by atoms with van der Waals surface area (Å²) in [6.07, 6.45) is -2.66. The molecule has 0 aliphatic rings. The second-order valence-corrected chi connectivity index (χ2v) is 8.89. The number of hydrogen-bond donors (Lipinski definition) is 7. The first kappa shape index (κ1) is 37.8. The van der Waals surface area contributed by atoms with Gasteiger partial charge in [0.1, 0.15) is 12.1 Å². The van der Waals surface area contributed by atoms with Gasteiger partial charge in [-0.25, -0.2) is 14.6 Å². The van der Waals surface area contributed by atoms with Crippen LogP contribution in [0.3, 0.4) is 0 Å². The van der Waals surface area contributed by atoms with Gasteiger partial charge in [0.2, 0.25) is 17.7 Å². The van der Waals surface area contributed by atoms with E-state index in [9.17, 15) is 42.3 Å². The summed E-state index contributed by atoms with van der Waals surface area (Å²) in [7, 11) is 1.35. The van der Waals surface area contributed by atoms with E-state index in [1.807, 2.05) is 0 Å². The minimum absolute atomic E-state index is 0.0892. The predicted molar refractivity (Wildman–Crippen MR) is 145 cm³/mol. The summed E-state index contributed by atoms with van der Waals surface area (Å²) < 4.78 is 31.7. The average Bonchev–Trinajstić information content (AvgIpc) is 2.89. The number of benzene rings is 1. The molecule has 0 aliphatic carbocycles. The summed E-state index contributed by atoms with van der Waals surface area (Å²) in [6.45, 7) is 2.90. The zero-order valence-corrected chi connectivity index (χ0v) is 23.3. The first-order valence-corrected chi connectivity index (χ1v) is 12.3. The molecule has 238 valence electrons. The number of rotatable bonds is 13. The van der Waals surface area contributed by atoms with Crippen LogP contribution in [0, 0.1) is 5.92 Å². The number of amides is 3. The third-order valence-electron chi connectivity index (χ3n) is 5.38. The van der Waals surface area contributed by atoms with Crippen LogP contribution in [0.1, 0.15) is 32.3 Å². The summed E-state index contributed by atoms with van der Waals surface area (Å²) in [5, 5.41) is 30.1. The molecule has 0 saturated carbocycles. The average molecular weight is 619 g/mol. The minimum atomic E-state index is -5.08. The van der Waals surface area contributed by atoms with Gasteiger partial charge in [-0.15, -0.1) is 0 Å². The Morgan fingerprint density at radius 1 is 1.02 bits per heavy atom. The van der Waals surface area contributed by atoms with Gasteiger partial charge in [-0.1, -0.05) is 32.4 Å². The van der Waals surface area contributed by atoms with Crippen molar-refractivity contribution in [1.29, 1.82) is 0 Å². The maximum absolute atomic E-state index is 12.5. The molecule has 1 rings (SSSR count). The SMILES string of the molecule is CC[C@H](C)[C@H](NC(=O)[C@H](CC(=O)O)NC(=O)CN(C)C(=O)C=Cc1ccc(N=C(N)N)cc1)C(=O)O.O=C(O)C(F)(F)F. The summed E-state index contributed by atoms with van der Waals surface area (Å²) in [4.78, 5) is 73.8. The lowest BCUT2D eigenvalue weighted by Crippen LogP contribution is -2.55. The van der Waals surface area contributed by atoms with Gasteiger partial charge in [-0.05, 0) is 29.7 Å². The lowest BCUT2D eigenvalue weighted by atomic mass is 9.98. The third-order valence-corrected chi connectivity index (χ3v) is 5.38. The van der Waals surface area contributed by atoms with Crippen molar-refractivity contribution in [2.24, 2.45) is 22.4 Å². The van der Waals surface area contributed by atoms with E-state index in [1.54, 1.807) is 38.1 Å². The fourth-order valence-electron chi connectivity index (χ4n) is 2.96. The van der Waals surface area contributed by atoms with Crippen LogP contribution in [0.25, 0.3) is 6.08 Å². The number of carboxylic acids is 3. The van der Waals surface area contributed by atoms with Crippen LogP contribution in [-0.4, -0.2) is 93.7 Å². The maximum atomic E-state index is 12.5. The molecule has 9 N–H and O–H groups in total. The first-order chi connectivity index (χ1) is 19.8. The highest BCUT2D eigenvalue weighted by Gasteiger charge is 2.38. The molecule has 0 heterocycles. The largest absolute Gasteiger partial charge is 0.490 e. The van der Waals surface area contributed by atoms with Gasteiger partial charge in [0.15, 0.2) is 5.96 Å². The zero-order valence-electron chi connectivity index (χ0n) is 23.3. The Morgan fingerprint density at radius 2 is 1.56 bits per heavy atom. The Labute approximate surface area is 243 Å². The van der Waals surface area contributed by atoms with Crippen molar-refractivity contribution < 1.29 is 57.3 Å². The topological polar surface area (TPSA) is 255 Å². The van der Waals surface area contributed by atoms with E-state index in [0.29, 0.717) is 17.7 Å². The lowest BCUT2D eigenvalue weighted by Gasteiger charge is -2.24. The number of carboxylic acid groups (broad SMARTS) is 3. The van der Waals surface area contributed by atoms with Crippen LogP contribution < -0.4 is 22.1 Å². The number of guanidine groups is 1. The summed E-state index contributed by atoms with van der Waals surface area (Å²) in [5.74, 6) is -8.19.